The minimum Gasteiger partial charge on any atom is -0.493 e. The zero-order valence-electron chi connectivity index (χ0n) is 13.7. The second-order valence-electron chi connectivity index (χ2n) is 5.41. The van der Waals surface area contributed by atoms with Gasteiger partial charge in [0.05, 0.1) is 20.3 Å². The van der Waals surface area contributed by atoms with Gasteiger partial charge in [0.15, 0.2) is 17.3 Å². The van der Waals surface area contributed by atoms with Gasteiger partial charge in [0, 0.05) is 5.56 Å². The van der Waals surface area contributed by atoms with Gasteiger partial charge in [-0.25, -0.2) is 4.98 Å². The Morgan fingerprint density at radius 3 is 2.50 bits per heavy atom. The molecule has 1 atom stereocenters. The van der Waals surface area contributed by atoms with Crippen molar-refractivity contribution < 1.29 is 9.47 Å². The normalized spacial score (nSPS) is 12.0. The molecule has 0 bridgehead atoms. The maximum atomic E-state index is 6.24. The van der Waals surface area contributed by atoms with E-state index in [4.69, 9.17) is 15.2 Å². The summed E-state index contributed by atoms with van der Waals surface area (Å²) in [6.45, 7) is 0. The monoisotopic (exact) mass is 324 g/mol. The number of hydrogen-bond donors (Lipinski definition) is 2. The summed E-state index contributed by atoms with van der Waals surface area (Å²) in [5.74, 6) is 2.53. The number of aromatic nitrogens is 3. The number of benzene rings is 2. The molecule has 0 fully saturated rings. The van der Waals surface area contributed by atoms with Gasteiger partial charge >= 0.3 is 0 Å². The van der Waals surface area contributed by atoms with Gasteiger partial charge in [-0.3, -0.25) is 5.10 Å². The van der Waals surface area contributed by atoms with Gasteiger partial charge in [-0.15, -0.1) is 0 Å². The van der Waals surface area contributed by atoms with Crippen molar-refractivity contribution in [3.63, 3.8) is 0 Å². The van der Waals surface area contributed by atoms with Gasteiger partial charge in [-0.1, -0.05) is 30.3 Å². The molecule has 2 aromatic carbocycles. The molecule has 0 aliphatic carbocycles. The van der Waals surface area contributed by atoms with Gasteiger partial charge in [-0.05, 0) is 30.2 Å². The summed E-state index contributed by atoms with van der Waals surface area (Å²) in [4.78, 5) is 4.52. The molecule has 0 unspecified atom stereocenters. The van der Waals surface area contributed by atoms with Crippen molar-refractivity contribution in [3.05, 3.63) is 59.9 Å². The second-order valence-corrected chi connectivity index (χ2v) is 5.41. The van der Waals surface area contributed by atoms with Crippen LogP contribution in [0, 0.1) is 0 Å². The molecule has 0 aliphatic heterocycles. The van der Waals surface area contributed by atoms with Crippen LogP contribution in [0.5, 0.6) is 11.5 Å². The van der Waals surface area contributed by atoms with Crippen molar-refractivity contribution in [1.29, 1.82) is 0 Å². The van der Waals surface area contributed by atoms with Crippen molar-refractivity contribution >= 4 is 0 Å². The quantitative estimate of drug-likeness (QED) is 0.728. The van der Waals surface area contributed by atoms with Crippen LogP contribution >= 0.6 is 0 Å². The number of rotatable bonds is 6. The molecule has 0 spiro atoms. The highest BCUT2D eigenvalue weighted by atomic mass is 16.5. The number of nitrogens with zero attached hydrogens (tertiary/aromatic N) is 2. The van der Waals surface area contributed by atoms with E-state index in [2.05, 4.69) is 15.2 Å². The number of H-pyrrole nitrogens is 1. The molecule has 6 nitrogen and oxygen atoms in total. The van der Waals surface area contributed by atoms with E-state index in [1.165, 1.54) is 0 Å². The number of nitrogens with two attached hydrogens (primary N) is 1. The largest absolute Gasteiger partial charge is 0.493 e. The molecule has 124 valence electrons. The topological polar surface area (TPSA) is 86.0 Å². The Balaban J connectivity index is 1.80. The third-order valence-corrected chi connectivity index (χ3v) is 3.79. The lowest BCUT2D eigenvalue weighted by atomic mass is 10.1. The predicted octanol–water partition coefficient (Wildman–Crippen LogP) is 2.73. The molecule has 0 saturated carbocycles. The van der Waals surface area contributed by atoms with Crippen molar-refractivity contribution in [2.75, 3.05) is 14.2 Å². The minimum absolute atomic E-state index is 0.242. The third kappa shape index (κ3) is 3.38. The summed E-state index contributed by atoms with van der Waals surface area (Å²) in [5.41, 5.74) is 8.24. The lowest BCUT2D eigenvalue weighted by molar-refractivity contribution is 0.355. The van der Waals surface area contributed by atoms with E-state index in [9.17, 15) is 0 Å². The van der Waals surface area contributed by atoms with E-state index in [-0.39, 0.29) is 6.04 Å². The number of hydrogen-bond acceptors (Lipinski definition) is 5. The van der Waals surface area contributed by atoms with Gasteiger partial charge in [-0.2, -0.15) is 5.10 Å². The molecule has 3 rings (SSSR count). The Kier molecular flexibility index (Phi) is 4.77. The molecule has 0 saturated heterocycles. The molecule has 0 radical (unpaired) electrons. The number of nitrogens with one attached hydrogen (secondary N) is 1. The Labute approximate surface area is 140 Å². The lowest BCUT2D eigenvalue weighted by Crippen LogP contribution is -2.15. The van der Waals surface area contributed by atoms with Crippen molar-refractivity contribution in [3.8, 4) is 22.9 Å². The Hall–Kier alpha value is -2.86. The van der Waals surface area contributed by atoms with Crippen LogP contribution in [-0.4, -0.2) is 29.4 Å². The molecule has 0 aliphatic rings. The number of ether oxygens (including phenoxy) is 2. The SMILES string of the molecule is COc1ccc(-c2n[nH]c([C@H](N)Cc3ccccc3)n2)cc1OC. The molecule has 3 aromatic rings. The molecule has 3 N–H and O–H groups in total. The van der Waals surface area contributed by atoms with E-state index in [0.717, 1.165) is 11.1 Å². The second kappa shape index (κ2) is 7.14. The average Bonchev–Trinajstić information content (AvgIpc) is 3.12. The van der Waals surface area contributed by atoms with E-state index in [1.54, 1.807) is 14.2 Å². The van der Waals surface area contributed by atoms with Crippen LogP contribution < -0.4 is 15.2 Å². The Morgan fingerprint density at radius 2 is 1.79 bits per heavy atom. The molecule has 6 heteroatoms. The van der Waals surface area contributed by atoms with Gasteiger partial charge < -0.3 is 15.2 Å². The first kappa shape index (κ1) is 16.0. The Morgan fingerprint density at radius 1 is 1.04 bits per heavy atom. The Bertz CT molecular complexity index is 802. The van der Waals surface area contributed by atoms with Gasteiger partial charge in [0.25, 0.3) is 0 Å². The predicted molar refractivity (Wildman–Crippen MR) is 92.0 cm³/mol. The van der Waals surface area contributed by atoms with E-state index >= 15 is 0 Å². The first-order chi connectivity index (χ1) is 11.7. The smallest absolute Gasteiger partial charge is 0.181 e. The highest BCUT2D eigenvalue weighted by molar-refractivity contribution is 5.60. The standard InChI is InChI=1S/C18H20N4O2/c1-23-15-9-8-13(11-16(15)24-2)17-20-18(22-21-17)14(19)10-12-6-4-3-5-7-12/h3-9,11,14H,10,19H2,1-2H3,(H,20,21,22)/t14-/m1/s1. The first-order valence-corrected chi connectivity index (χ1v) is 7.65. The van der Waals surface area contributed by atoms with E-state index < -0.39 is 0 Å². The average molecular weight is 324 g/mol. The number of aromatic amines is 1. The number of methoxy groups -OCH3 is 2. The molecule has 0 amide bonds. The summed E-state index contributed by atoms with van der Waals surface area (Å²) in [6.07, 6.45) is 0.696. The van der Waals surface area contributed by atoms with Crippen LogP contribution in [0.15, 0.2) is 48.5 Å². The zero-order chi connectivity index (χ0) is 16.9. The zero-order valence-corrected chi connectivity index (χ0v) is 13.7. The maximum absolute atomic E-state index is 6.24. The molecule has 1 heterocycles. The van der Waals surface area contributed by atoms with Crippen molar-refractivity contribution in [2.45, 2.75) is 12.5 Å². The molecule has 1 aromatic heterocycles. The van der Waals surface area contributed by atoms with Gasteiger partial charge in [0.2, 0.25) is 0 Å². The van der Waals surface area contributed by atoms with Crippen LogP contribution in [0.3, 0.4) is 0 Å². The van der Waals surface area contributed by atoms with Crippen LogP contribution in [-0.2, 0) is 6.42 Å². The highest BCUT2D eigenvalue weighted by Crippen LogP contribution is 2.31. The summed E-state index contributed by atoms with van der Waals surface area (Å²) < 4.78 is 10.6. The van der Waals surface area contributed by atoms with Crippen LogP contribution in [0.1, 0.15) is 17.4 Å². The lowest BCUT2D eigenvalue weighted by Gasteiger charge is -2.08. The van der Waals surface area contributed by atoms with Crippen LogP contribution in [0.2, 0.25) is 0 Å². The van der Waals surface area contributed by atoms with E-state index in [1.807, 2.05) is 48.5 Å². The van der Waals surface area contributed by atoms with Crippen molar-refractivity contribution in [1.82, 2.24) is 15.2 Å². The minimum atomic E-state index is -0.242. The summed E-state index contributed by atoms with van der Waals surface area (Å²) in [7, 11) is 3.20. The fourth-order valence-electron chi connectivity index (χ4n) is 2.51. The molecular formula is C18H20N4O2. The molecular weight excluding hydrogens is 304 g/mol. The summed E-state index contributed by atoms with van der Waals surface area (Å²) in [6, 6.07) is 15.4. The van der Waals surface area contributed by atoms with Crippen LogP contribution in [0.25, 0.3) is 11.4 Å². The fourth-order valence-corrected chi connectivity index (χ4v) is 2.51. The maximum Gasteiger partial charge on any atom is 0.181 e. The van der Waals surface area contributed by atoms with Crippen LogP contribution in [0.4, 0.5) is 0 Å². The summed E-state index contributed by atoms with van der Waals surface area (Å²) >= 11 is 0. The van der Waals surface area contributed by atoms with E-state index in [0.29, 0.717) is 29.6 Å². The first-order valence-electron chi connectivity index (χ1n) is 7.65. The third-order valence-electron chi connectivity index (χ3n) is 3.79. The van der Waals surface area contributed by atoms with Gasteiger partial charge in [0.1, 0.15) is 5.82 Å². The van der Waals surface area contributed by atoms with Crippen molar-refractivity contribution in [2.24, 2.45) is 5.73 Å². The summed E-state index contributed by atoms with van der Waals surface area (Å²) in [5, 5.41) is 7.20. The fraction of sp³-hybridized carbons (Fsp3) is 0.222. The molecule has 24 heavy (non-hydrogen) atoms. The highest BCUT2D eigenvalue weighted by Gasteiger charge is 2.15.